The number of benzene rings is 1. The molecular formula is C14H13N3O4. The summed E-state index contributed by atoms with van der Waals surface area (Å²) in [7, 11) is 0. The number of carbonyl (C=O) groups excluding carboxylic acids is 1. The third-order valence-electron chi connectivity index (χ3n) is 2.83. The van der Waals surface area contributed by atoms with E-state index in [0.717, 1.165) is 11.8 Å². The molecule has 7 nitrogen and oxygen atoms in total. The molecule has 0 bridgehead atoms. The molecule has 108 valence electrons. The van der Waals surface area contributed by atoms with Gasteiger partial charge in [-0.2, -0.15) is 0 Å². The highest BCUT2D eigenvalue weighted by molar-refractivity contribution is 5.97. The molecule has 0 spiro atoms. The number of amides is 1. The van der Waals surface area contributed by atoms with E-state index >= 15 is 0 Å². The molecule has 2 aromatic rings. The van der Waals surface area contributed by atoms with Gasteiger partial charge in [0.15, 0.2) is 0 Å². The Bertz CT molecular complexity index is 700. The van der Waals surface area contributed by atoms with Gasteiger partial charge in [-0.05, 0) is 25.1 Å². The fourth-order valence-corrected chi connectivity index (χ4v) is 1.83. The minimum Gasteiger partial charge on any atom is -0.502 e. The number of rotatable bonds is 4. The summed E-state index contributed by atoms with van der Waals surface area (Å²) >= 11 is 0. The average Bonchev–Trinajstić information content (AvgIpc) is 2.45. The van der Waals surface area contributed by atoms with Crippen molar-refractivity contribution in [2.75, 3.05) is 0 Å². The maximum atomic E-state index is 12.0. The van der Waals surface area contributed by atoms with Gasteiger partial charge in [0.05, 0.1) is 22.7 Å². The molecule has 0 atom stereocenters. The van der Waals surface area contributed by atoms with E-state index in [1.807, 2.05) is 19.1 Å². The molecular weight excluding hydrogens is 274 g/mol. The topological polar surface area (TPSA) is 105 Å². The number of nitrogens with one attached hydrogen (secondary N) is 1. The van der Waals surface area contributed by atoms with E-state index in [2.05, 4.69) is 10.3 Å². The third-order valence-corrected chi connectivity index (χ3v) is 2.83. The van der Waals surface area contributed by atoms with E-state index in [1.165, 1.54) is 12.1 Å². The molecule has 0 fully saturated rings. The Morgan fingerprint density at radius 3 is 2.71 bits per heavy atom. The van der Waals surface area contributed by atoms with Crippen molar-refractivity contribution in [2.45, 2.75) is 13.5 Å². The zero-order chi connectivity index (χ0) is 15.4. The molecule has 2 N–H and O–H groups in total. The van der Waals surface area contributed by atoms with E-state index < -0.39 is 22.3 Å². The van der Waals surface area contributed by atoms with Gasteiger partial charge in [0.25, 0.3) is 5.91 Å². The number of nitro groups is 1. The van der Waals surface area contributed by atoms with Gasteiger partial charge in [-0.3, -0.25) is 19.9 Å². The first-order chi connectivity index (χ1) is 9.99. The Labute approximate surface area is 120 Å². The van der Waals surface area contributed by atoms with Crippen molar-refractivity contribution >= 4 is 11.6 Å². The second kappa shape index (κ2) is 6.00. The summed E-state index contributed by atoms with van der Waals surface area (Å²) < 4.78 is 0. The van der Waals surface area contributed by atoms with Gasteiger partial charge in [-0.1, -0.05) is 12.1 Å². The van der Waals surface area contributed by atoms with Crippen LogP contribution in [0.2, 0.25) is 0 Å². The number of aromatic nitrogens is 1. The van der Waals surface area contributed by atoms with E-state index in [9.17, 15) is 20.0 Å². The largest absolute Gasteiger partial charge is 0.502 e. The molecule has 2 rings (SSSR count). The number of para-hydroxylation sites is 1. The highest BCUT2D eigenvalue weighted by Crippen LogP contribution is 2.29. The van der Waals surface area contributed by atoms with Crippen molar-refractivity contribution in [3.05, 3.63) is 63.5 Å². The number of phenolic OH excluding ortho intramolecular Hbond substituents is 1. The van der Waals surface area contributed by atoms with Crippen LogP contribution < -0.4 is 5.32 Å². The summed E-state index contributed by atoms with van der Waals surface area (Å²) in [5.74, 6) is -1.24. The molecule has 0 aliphatic carbocycles. The van der Waals surface area contributed by atoms with Crippen LogP contribution >= 0.6 is 0 Å². The van der Waals surface area contributed by atoms with Crippen LogP contribution in [0.1, 0.15) is 21.7 Å². The molecule has 0 saturated heterocycles. The van der Waals surface area contributed by atoms with Crippen molar-refractivity contribution in [1.29, 1.82) is 0 Å². The van der Waals surface area contributed by atoms with Crippen LogP contribution in [0, 0.1) is 17.0 Å². The number of pyridine rings is 1. The van der Waals surface area contributed by atoms with Crippen LogP contribution in [0.25, 0.3) is 0 Å². The van der Waals surface area contributed by atoms with E-state index in [-0.39, 0.29) is 12.1 Å². The average molecular weight is 287 g/mol. The Kier molecular flexibility index (Phi) is 4.13. The standard InChI is InChI=1S/C14H13N3O4/c1-9-4-2-5-10(16-9)8-15-14(19)11-6-3-7-12(13(11)18)17(20)21/h2-7,18H,8H2,1H3,(H,15,19). The molecule has 0 radical (unpaired) electrons. The number of nitrogens with zero attached hydrogens (tertiary/aromatic N) is 2. The van der Waals surface area contributed by atoms with Crippen molar-refractivity contribution < 1.29 is 14.8 Å². The minimum absolute atomic E-state index is 0.142. The highest BCUT2D eigenvalue weighted by Gasteiger charge is 2.20. The number of phenols is 1. The van der Waals surface area contributed by atoms with Crippen molar-refractivity contribution in [3.63, 3.8) is 0 Å². The number of nitro benzene ring substituents is 1. The normalized spacial score (nSPS) is 10.1. The quantitative estimate of drug-likeness (QED) is 0.660. The lowest BCUT2D eigenvalue weighted by Gasteiger charge is -2.07. The van der Waals surface area contributed by atoms with E-state index in [1.54, 1.807) is 6.07 Å². The van der Waals surface area contributed by atoms with Gasteiger partial charge >= 0.3 is 5.69 Å². The lowest BCUT2D eigenvalue weighted by molar-refractivity contribution is -0.385. The van der Waals surface area contributed by atoms with Crippen LogP contribution in [0.15, 0.2) is 36.4 Å². The third kappa shape index (κ3) is 3.33. The van der Waals surface area contributed by atoms with Crippen LogP contribution in [0.5, 0.6) is 5.75 Å². The highest BCUT2D eigenvalue weighted by atomic mass is 16.6. The fraction of sp³-hybridized carbons (Fsp3) is 0.143. The number of hydrogen-bond donors (Lipinski definition) is 2. The Morgan fingerprint density at radius 2 is 2.05 bits per heavy atom. The zero-order valence-electron chi connectivity index (χ0n) is 11.2. The van der Waals surface area contributed by atoms with E-state index in [0.29, 0.717) is 5.69 Å². The van der Waals surface area contributed by atoms with Crippen molar-refractivity contribution in [3.8, 4) is 5.75 Å². The summed E-state index contributed by atoms with van der Waals surface area (Å²) in [5.41, 5.74) is 0.835. The SMILES string of the molecule is Cc1cccc(CNC(=O)c2cccc([N+](=O)[O-])c2O)n1. The second-order valence-corrected chi connectivity index (χ2v) is 4.38. The molecule has 1 amide bonds. The lowest BCUT2D eigenvalue weighted by Crippen LogP contribution is -2.23. The maximum Gasteiger partial charge on any atom is 0.311 e. The molecule has 7 heteroatoms. The first kappa shape index (κ1) is 14.4. The van der Waals surface area contributed by atoms with Crippen LogP contribution in [-0.4, -0.2) is 20.9 Å². The predicted molar refractivity (Wildman–Crippen MR) is 74.9 cm³/mol. The number of aryl methyl sites for hydroxylation is 1. The van der Waals surface area contributed by atoms with Gasteiger partial charge in [0.2, 0.25) is 5.75 Å². The van der Waals surface area contributed by atoms with Gasteiger partial charge in [0.1, 0.15) is 0 Å². The molecule has 0 aliphatic rings. The van der Waals surface area contributed by atoms with Crippen molar-refractivity contribution in [2.24, 2.45) is 0 Å². The predicted octanol–water partition coefficient (Wildman–Crippen LogP) is 1.93. The number of aromatic hydroxyl groups is 1. The summed E-state index contributed by atoms with van der Waals surface area (Å²) in [6, 6.07) is 9.19. The minimum atomic E-state index is -0.742. The molecule has 0 unspecified atom stereocenters. The maximum absolute atomic E-state index is 12.0. The first-order valence-corrected chi connectivity index (χ1v) is 6.16. The molecule has 1 aromatic carbocycles. The molecule has 0 saturated carbocycles. The van der Waals surface area contributed by atoms with Crippen LogP contribution in [0.3, 0.4) is 0 Å². The van der Waals surface area contributed by atoms with Crippen LogP contribution in [0.4, 0.5) is 5.69 Å². The zero-order valence-corrected chi connectivity index (χ0v) is 11.2. The van der Waals surface area contributed by atoms with E-state index in [4.69, 9.17) is 0 Å². The summed E-state index contributed by atoms with van der Waals surface area (Å²) in [6.07, 6.45) is 0. The lowest BCUT2D eigenvalue weighted by atomic mass is 10.1. The summed E-state index contributed by atoms with van der Waals surface area (Å²) in [6.45, 7) is 2.00. The van der Waals surface area contributed by atoms with Gasteiger partial charge < -0.3 is 10.4 Å². The Morgan fingerprint density at radius 1 is 1.33 bits per heavy atom. The van der Waals surface area contributed by atoms with Gasteiger partial charge in [-0.15, -0.1) is 0 Å². The first-order valence-electron chi connectivity index (χ1n) is 6.16. The Hall–Kier alpha value is -2.96. The van der Waals surface area contributed by atoms with Crippen LogP contribution in [-0.2, 0) is 6.54 Å². The van der Waals surface area contributed by atoms with Gasteiger partial charge in [0, 0.05) is 11.8 Å². The summed E-state index contributed by atoms with van der Waals surface area (Å²) in [4.78, 5) is 26.2. The monoisotopic (exact) mass is 287 g/mol. The van der Waals surface area contributed by atoms with Crippen molar-refractivity contribution in [1.82, 2.24) is 10.3 Å². The molecule has 1 heterocycles. The molecule has 0 aliphatic heterocycles. The summed E-state index contributed by atoms with van der Waals surface area (Å²) in [5, 5.41) is 23.0. The second-order valence-electron chi connectivity index (χ2n) is 4.38. The Balaban J connectivity index is 2.14. The smallest absolute Gasteiger partial charge is 0.311 e. The molecule has 1 aromatic heterocycles. The number of carbonyl (C=O) groups is 1. The van der Waals surface area contributed by atoms with Gasteiger partial charge in [-0.25, -0.2) is 0 Å². The molecule has 21 heavy (non-hydrogen) atoms. The fourth-order valence-electron chi connectivity index (χ4n) is 1.83. The number of hydrogen-bond acceptors (Lipinski definition) is 5.